The zero-order valence-corrected chi connectivity index (χ0v) is 22.7. The van der Waals surface area contributed by atoms with Crippen LogP contribution in [0.25, 0.3) is 10.2 Å². The Morgan fingerprint density at radius 2 is 1.85 bits per heavy atom. The quantitative estimate of drug-likeness (QED) is 0.200. The molecule has 3 aromatic carbocycles. The molecule has 6 rings (SSSR count). The molecule has 2 aromatic heterocycles. The van der Waals surface area contributed by atoms with E-state index in [-0.39, 0.29) is 10.5 Å². The van der Waals surface area contributed by atoms with Gasteiger partial charge in [0.25, 0.3) is 5.91 Å². The zero-order chi connectivity index (χ0) is 27.0. The van der Waals surface area contributed by atoms with E-state index in [4.69, 9.17) is 4.42 Å². The lowest BCUT2D eigenvalue weighted by molar-refractivity contribution is 0.0987. The second-order valence-electron chi connectivity index (χ2n) is 9.23. The van der Waals surface area contributed by atoms with Crippen LogP contribution < -0.4 is 5.01 Å². The molecule has 196 valence electrons. The lowest BCUT2D eigenvalue weighted by atomic mass is 10.0. The first-order valence-electron chi connectivity index (χ1n) is 12.3. The van der Waals surface area contributed by atoms with Crippen LogP contribution in [0.15, 0.2) is 99.5 Å². The fourth-order valence-corrected chi connectivity index (χ4v) is 6.93. The van der Waals surface area contributed by atoms with E-state index in [2.05, 4.69) is 10.1 Å². The summed E-state index contributed by atoms with van der Waals surface area (Å²) >= 11 is 1.35. The van der Waals surface area contributed by atoms with Crippen LogP contribution in [0, 0.1) is 6.92 Å². The van der Waals surface area contributed by atoms with Crippen LogP contribution in [0.2, 0.25) is 0 Å². The first-order valence-corrected chi connectivity index (χ1v) is 14.6. The highest BCUT2D eigenvalue weighted by Crippen LogP contribution is 2.31. The van der Waals surface area contributed by atoms with Crippen molar-refractivity contribution in [2.24, 2.45) is 5.10 Å². The lowest BCUT2D eigenvalue weighted by Gasteiger charge is -2.28. The van der Waals surface area contributed by atoms with Crippen LogP contribution in [0.4, 0.5) is 5.13 Å². The minimum Gasteiger partial charge on any atom is -0.463 e. The molecule has 5 aromatic rings. The highest BCUT2D eigenvalue weighted by molar-refractivity contribution is 7.89. The maximum atomic E-state index is 13.6. The number of hydrogen-bond acceptors (Lipinski definition) is 7. The molecule has 1 aliphatic heterocycles. The van der Waals surface area contributed by atoms with E-state index < -0.39 is 15.9 Å². The van der Waals surface area contributed by atoms with E-state index in [9.17, 15) is 13.2 Å². The fourth-order valence-electron chi connectivity index (χ4n) is 4.49. The van der Waals surface area contributed by atoms with Crippen LogP contribution in [-0.4, -0.2) is 36.4 Å². The van der Waals surface area contributed by atoms with Gasteiger partial charge in [-0.15, -0.1) is 0 Å². The molecule has 0 radical (unpaired) electrons. The van der Waals surface area contributed by atoms with Crippen LogP contribution in [0.1, 0.15) is 32.8 Å². The third-order valence-corrected chi connectivity index (χ3v) is 9.44. The van der Waals surface area contributed by atoms with Crippen molar-refractivity contribution in [2.75, 3.05) is 11.6 Å². The molecule has 0 unspecified atom stereocenters. The molecule has 0 atom stereocenters. The summed E-state index contributed by atoms with van der Waals surface area (Å²) in [5.74, 6) is 0.0405. The maximum absolute atomic E-state index is 13.6. The molecule has 8 nitrogen and oxygen atoms in total. The standard InChI is InChI=1S/C29H24N4O4S2/c1-20-8-13-26-27(17-20)38-29(31-26)33(30-18-24-7-4-16-37-24)28(34)22-9-11-25(12-10-22)39(35,36)32-15-14-21-5-2-3-6-23(21)19-32/h2-13,16-18H,14-15,19H2,1H3/b30-18+. The van der Waals surface area contributed by atoms with Gasteiger partial charge in [0.05, 0.1) is 27.6 Å². The van der Waals surface area contributed by atoms with Gasteiger partial charge in [-0.3, -0.25) is 4.79 Å². The Kier molecular flexibility index (Phi) is 6.59. The number of carbonyl (C=O) groups excluding carboxylic acids is 1. The molecule has 0 saturated carbocycles. The maximum Gasteiger partial charge on any atom is 0.280 e. The molecular formula is C29H24N4O4S2. The number of carbonyl (C=O) groups is 1. The summed E-state index contributed by atoms with van der Waals surface area (Å²) in [6.07, 6.45) is 3.63. The SMILES string of the molecule is Cc1ccc2nc(N(/N=C/c3ccco3)C(=O)c3ccc(S(=O)(=O)N4CCc5ccccc5C4)cc3)sc2c1. The Bertz CT molecular complexity index is 1790. The van der Waals surface area contributed by atoms with E-state index in [1.54, 1.807) is 12.1 Å². The third-order valence-electron chi connectivity index (χ3n) is 6.58. The summed E-state index contributed by atoms with van der Waals surface area (Å²) in [6.45, 7) is 2.73. The zero-order valence-electron chi connectivity index (χ0n) is 21.0. The second-order valence-corrected chi connectivity index (χ2v) is 12.2. The van der Waals surface area contributed by atoms with Gasteiger partial charge in [-0.1, -0.05) is 41.7 Å². The number of amides is 1. The van der Waals surface area contributed by atoms with E-state index in [1.165, 1.54) is 63.0 Å². The molecule has 1 amide bonds. The monoisotopic (exact) mass is 556 g/mol. The van der Waals surface area contributed by atoms with Gasteiger partial charge in [-0.2, -0.15) is 14.4 Å². The summed E-state index contributed by atoms with van der Waals surface area (Å²) in [6, 6.07) is 23.2. The first kappa shape index (κ1) is 25.2. The number of hydrogen-bond donors (Lipinski definition) is 0. The number of nitrogens with zero attached hydrogens (tertiary/aromatic N) is 4. The fraction of sp³-hybridized carbons (Fsp3) is 0.138. The normalized spacial score (nSPS) is 14.1. The van der Waals surface area contributed by atoms with Crippen molar-refractivity contribution >= 4 is 48.8 Å². The van der Waals surface area contributed by atoms with Gasteiger partial charge in [0.1, 0.15) is 5.76 Å². The highest BCUT2D eigenvalue weighted by Gasteiger charge is 2.29. The van der Waals surface area contributed by atoms with E-state index in [1.807, 2.05) is 49.4 Å². The third kappa shape index (κ3) is 5.01. The molecule has 39 heavy (non-hydrogen) atoms. The number of fused-ring (bicyclic) bond motifs is 2. The van der Waals surface area contributed by atoms with E-state index >= 15 is 0 Å². The number of aryl methyl sites for hydroxylation is 1. The van der Waals surface area contributed by atoms with Gasteiger partial charge < -0.3 is 4.42 Å². The second kappa shape index (κ2) is 10.2. The predicted molar refractivity (Wildman–Crippen MR) is 152 cm³/mol. The van der Waals surface area contributed by atoms with Gasteiger partial charge in [0, 0.05) is 18.7 Å². The Morgan fingerprint density at radius 1 is 1.05 bits per heavy atom. The summed E-state index contributed by atoms with van der Waals surface area (Å²) in [4.78, 5) is 18.4. The van der Waals surface area contributed by atoms with Crippen LogP contribution >= 0.6 is 11.3 Å². The van der Waals surface area contributed by atoms with E-state index in [0.717, 1.165) is 21.3 Å². The molecule has 0 bridgehead atoms. The van der Waals surface area contributed by atoms with E-state index in [0.29, 0.717) is 30.4 Å². The van der Waals surface area contributed by atoms with Crippen molar-refractivity contribution in [3.63, 3.8) is 0 Å². The average Bonchev–Trinajstić information content (AvgIpc) is 3.63. The summed E-state index contributed by atoms with van der Waals surface area (Å²) in [5, 5.41) is 5.99. The molecule has 0 aliphatic carbocycles. The molecule has 0 saturated heterocycles. The molecule has 10 heteroatoms. The topological polar surface area (TPSA) is 96.1 Å². The molecule has 0 spiro atoms. The largest absolute Gasteiger partial charge is 0.463 e. The van der Waals surface area contributed by atoms with Gasteiger partial charge in [-0.25, -0.2) is 13.4 Å². The van der Waals surface area contributed by atoms with Crippen molar-refractivity contribution in [3.05, 3.63) is 113 Å². The number of furan rings is 1. The van der Waals surface area contributed by atoms with Crippen molar-refractivity contribution in [1.29, 1.82) is 0 Å². The molecular weight excluding hydrogens is 532 g/mol. The van der Waals surface area contributed by atoms with Crippen molar-refractivity contribution in [2.45, 2.75) is 24.8 Å². The number of anilines is 1. The number of aromatic nitrogens is 1. The smallest absolute Gasteiger partial charge is 0.280 e. The van der Waals surface area contributed by atoms with Crippen molar-refractivity contribution < 1.29 is 17.6 Å². The van der Waals surface area contributed by atoms with Gasteiger partial charge in [0.15, 0.2) is 0 Å². The van der Waals surface area contributed by atoms with Crippen LogP contribution in [0.3, 0.4) is 0 Å². The minimum atomic E-state index is -3.72. The predicted octanol–water partition coefficient (Wildman–Crippen LogP) is 5.63. The summed E-state index contributed by atoms with van der Waals surface area (Å²) in [5.41, 5.74) is 4.31. The molecule has 3 heterocycles. The Balaban J connectivity index is 1.29. The highest BCUT2D eigenvalue weighted by atomic mass is 32.2. The number of rotatable bonds is 6. The average molecular weight is 557 g/mol. The summed E-state index contributed by atoms with van der Waals surface area (Å²) in [7, 11) is -3.72. The van der Waals surface area contributed by atoms with Gasteiger partial charge >= 0.3 is 0 Å². The molecule has 1 aliphatic rings. The lowest BCUT2D eigenvalue weighted by Crippen LogP contribution is -2.36. The van der Waals surface area contributed by atoms with Crippen molar-refractivity contribution in [1.82, 2.24) is 9.29 Å². The first-order chi connectivity index (χ1) is 18.9. The van der Waals surface area contributed by atoms with Gasteiger partial charge in [-0.05, 0) is 78.6 Å². The Labute approximate surface area is 229 Å². The summed E-state index contributed by atoms with van der Waals surface area (Å²) < 4.78 is 34.5. The Hall–Kier alpha value is -4.12. The van der Waals surface area contributed by atoms with Crippen LogP contribution in [-0.2, 0) is 23.0 Å². The number of benzene rings is 3. The Morgan fingerprint density at radius 3 is 2.62 bits per heavy atom. The van der Waals surface area contributed by atoms with Crippen molar-refractivity contribution in [3.8, 4) is 0 Å². The number of hydrazone groups is 1. The van der Waals surface area contributed by atoms with Crippen LogP contribution in [0.5, 0.6) is 0 Å². The number of thiazole rings is 1. The number of sulfonamides is 1. The minimum absolute atomic E-state index is 0.138. The molecule has 0 fully saturated rings. The molecule has 0 N–H and O–H groups in total. The van der Waals surface area contributed by atoms with Gasteiger partial charge in [0.2, 0.25) is 15.2 Å².